The van der Waals surface area contributed by atoms with Crippen molar-refractivity contribution in [3.05, 3.63) is 35.9 Å². The monoisotopic (exact) mass is 317 g/mol. The first-order valence-corrected chi connectivity index (χ1v) is 6.84. The molecule has 0 bridgehead atoms. The molecule has 6 heteroatoms. The summed E-state index contributed by atoms with van der Waals surface area (Å²) >= 11 is 0. The summed E-state index contributed by atoms with van der Waals surface area (Å²) in [6.07, 6.45) is 0. The minimum absolute atomic E-state index is 0.390. The van der Waals surface area contributed by atoms with Crippen molar-refractivity contribution in [2.75, 3.05) is 34.2 Å². The van der Waals surface area contributed by atoms with Gasteiger partial charge in [0.2, 0.25) is 5.75 Å². The summed E-state index contributed by atoms with van der Waals surface area (Å²) < 4.78 is 20.7. The topological polar surface area (TPSA) is 80.0 Å². The van der Waals surface area contributed by atoms with Crippen LogP contribution in [-0.4, -0.2) is 34.4 Å². The Bertz CT molecular complexity index is 702. The lowest BCUT2D eigenvalue weighted by atomic mass is 10.0. The molecular weight excluding hydrogens is 298 g/mol. The zero-order chi connectivity index (χ0) is 17.0. The van der Waals surface area contributed by atoms with Gasteiger partial charge in [-0.3, -0.25) is 0 Å². The molecule has 23 heavy (non-hydrogen) atoms. The second-order valence-electron chi connectivity index (χ2n) is 4.71. The highest BCUT2D eigenvalue weighted by Gasteiger charge is 2.16. The Kier molecular flexibility index (Phi) is 4.95. The van der Waals surface area contributed by atoms with Crippen LogP contribution in [0, 0.1) is 0 Å². The van der Waals surface area contributed by atoms with E-state index in [9.17, 15) is 4.79 Å². The van der Waals surface area contributed by atoms with Crippen molar-refractivity contribution in [1.29, 1.82) is 0 Å². The van der Waals surface area contributed by atoms with E-state index >= 15 is 0 Å². The van der Waals surface area contributed by atoms with Gasteiger partial charge in [0, 0.05) is 11.3 Å². The maximum Gasteiger partial charge on any atom is 0.337 e. The zero-order valence-electron chi connectivity index (χ0n) is 13.5. The number of nitrogen functional groups attached to an aromatic ring is 1. The Labute approximate surface area is 134 Å². The molecule has 2 aromatic rings. The number of esters is 1. The molecule has 0 heterocycles. The molecule has 2 N–H and O–H groups in total. The molecule has 0 radical (unpaired) electrons. The fourth-order valence-electron chi connectivity index (χ4n) is 2.31. The number of carbonyl (C=O) groups is 1. The molecule has 0 aliphatic rings. The Morgan fingerprint density at radius 2 is 1.52 bits per heavy atom. The van der Waals surface area contributed by atoms with Crippen LogP contribution < -0.4 is 19.9 Å². The lowest BCUT2D eigenvalue weighted by Gasteiger charge is -2.15. The summed E-state index contributed by atoms with van der Waals surface area (Å²) in [7, 11) is 5.96. The first-order valence-electron chi connectivity index (χ1n) is 6.84. The average Bonchev–Trinajstić information content (AvgIpc) is 2.59. The van der Waals surface area contributed by atoms with E-state index in [0.717, 1.165) is 11.1 Å². The molecule has 0 atom stereocenters. The molecule has 0 aromatic heterocycles. The number of ether oxygens (including phenoxy) is 4. The number of rotatable bonds is 5. The molecular formula is C17H19NO5. The Hall–Kier alpha value is -2.89. The predicted octanol–water partition coefficient (Wildman–Crippen LogP) is 2.75. The van der Waals surface area contributed by atoms with Crippen LogP contribution in [0.4, 0.5) is 5.69 Å². The van der Waals surface area contributed by atoms with Gasteiger partial charge in [0.05, 0.1) is 34.0 Å². The maximum absolute atomic E-state index is 11.6. The summed E-state index contributed by atoms with van der Waals surface area (Å²) in [5.74, 6) is 1.12. The summed E-state index contributed by atoms with van der Waals surface area (Å²) in [4.78, 5) is 11.6. The van der Waals surface area contributed by atoms with Crippen molar-refractivity contribution in [2.24, 2.45) is 0 Å². The first-order chi connectivity index (χ1) is 11.0. The number of hydrogen-bond donors (Lipinski definition) is 1. The molecule has 0 saturated heterocycles. The number of hydrogen-bond acceptors (Lipinski definition) is 6. The van der Waals surface area contributed by atoms with Gasteiger partial charge in [0.1, 0.15) is 0 Å². The van der Waals surface area contributed by atoms with E-state index in [2.05, 4.69) is 4.74 Å². The van der Waals surface area contributed by atoms with Crippen LogP contribution in [0.1, 0.15) is 10.4 Å². The van der Waals surface area contributed by atoms with E-state index in [1.54, 1.807) is 51.7 Å². The third-order valence-electron chi connectivity index (χ3n) is 3.45. The van der Waals surface area contributed by atoms with E-state index in [0.29, 0.717) is 28.5 Å². The largest absolute Gasteiger partial charge is 0.493 e. The van der Waals surface area contributed by atoms with Crippen molar-refractivity contribution >= 4 is 11.7 Å². The average molecular weight is 317 g/mol. The molecule has 122 valence electrons. The van der Waals surface area contributed by atoms with Crippen molar-refractivity contribution < 1.29 is 23.7 Å². The quantitative estimate of drug-likeness (QED) is 0.674. The molecule has 0 aliphatic carbocycles. The van der Waals surface area contributed by atoms with Gasteiger partial charge in [-0.05, 0) is 29.8 Å². The third kappa shape index (κ3) is 3.15. The molecule has 0 fully saturated rings. The number of carbonyl (C=O) groups excluding carboxylic acids is 1. The Morgan fingerprint density at radius 1 is 0.913 bits per heavy atom. The van der Waals surface area contributed by atoms with Gasteiger partial charge in [-0.15, -0.1) is 0 Å². The van der Waals surface area contributed by atoms with Crippen molar-refractivity contribution in [3.63, 3.8) is 0 Å². The fourth-order valence-corrected chi connectivity index (χ4v) is 2.31. The highest BCUT2D eigenvalue weighted by Crippen LogP contribution is 2.42. The summed E-state index contributed by atoms with van der Waals surface area (Å²) in [6, 6.07) is 8.57. The van der Waals surface area contributed by atoms with Crippen molar-refractivity contribution in [1.82, 2.24) is 0 Å². The third-order valence-corrected chi connectivity index (χ3v) is 3.45. The fraction of sp³-hybridized carbons (Fsp3) is 0.235. The van der Waals surface area contributed by atoms with Crippen LogP contribution in [0.5, 0.6) is 17.2 Å². The van der Waals surface area contributed by atoms with Crippen molar-refractivity contribution in [3.8, 4) is 28.4 Å². The van der Waals surface area contributed by atoms with Gasteiger partial charge >= 0.3 is 5.97 Å². The van der Waals surface area contributed by atoms with Crippen LogP contribution in [-0.2, 0) is 4.74 Å². The molecule has 0 unspecified atom stereocenters. The zero-order valence-corrected chi connectivity index (χ0v) is 13.5. The maximum atomic E-state index is 11.6. The second-order valence-corrected chi connectivity index (χ2v) is 4.71. The molecule has 0 aliphatic heterocycles. The van der Waals surface area contributed by atoms with E-state index in [-0.39, 0.29) is 0 Å². The molecule has 0 saturated carbocycles. The van der Waals surface area contributed by atoms with Gasteiger partial charge in [-0.1, -0.05) is 6.07 Å². The first kappa shape index (κ1) is 16.5. The van der Waals surface area contributed by atoms with Gasteiger partial charge in [0.25, 0.3) is 0 Å². The number of anilines is 1. The van der Waals surface area contributed by atoms with Gasteiger partial charge in [-0.25, -0.2) is 4.79 Å². The van der Waals surface area contributed by atoms with Crippen LogP contribution >= 0.6 is 0 Å². The van der Waals surface area contributed by atoms with Crippen LogP contribution in [0.2, 0.25) is 0 Å². The minimum Gasteiger partial charge on any atom is -0.493 e. The SMILES string of the molecule is COC(=O)c1ccc(-c2cc(OC)c(OC)c(OC)c2)c(N)c1. The van der Waals surface area contributed by atoms with Crippen LogP contribution in [0.3, 0.4) is 0 Å². The smallest absolute Gasteiger partial charge is 0.337 e. The molecule has 2 aromatic carbocycles. The van der Waals surface area contributed by atoms with E-state index in [4.69, 9.17) is 19.9 Å². The minimum atomic E-state index is -0.437. The van der Waals surface area contributed by atoms with Gasteiger partial charge in [-0.2, -0.15) is 0 Å². The summed E-state index contributed by atoms with van der Waals surface area (Å²) in [5, 5.41) is 0. The molecule has 6 nitrogen and oxygen atoms in total. The van der Waals surface area contributed by atoms with Crippen LogP contribution in [0.15, 0.2) is 30.3 Å². The lowest BCUT2D eigenvalue weighted by molar-refractivity contribution is 0.0601. The van der Waals surface area contributed by atoms with E-state index in [1.807, 2.05) is 0 Å². The lowest BCUT2D eigenvalue weighted by Crippen LogP contribution is -2.03. The van der Waals surface area contributed by atoms with Crippen molar-refractivity contribution in [2.45, 2.75) is 0 Å². The summed E-state index contributed by atoms with van der Waals surface area (Å²) in [5.41, 5.74) is 8.45. The standard InChI is InChI=1S/C17H19NO5/c1-20-14-8-11(9-15(21-2)16(14)22-3)12-6-5-10(7-13(12)18)17(19)23-4/h5-9H,18H2,1-4H3. The normalized spacial score (nSPS) is 10.1. The van der Waals surface area contributed by atoms with Crippen LogP contribution in [0.25, 0.3) is 11.1 Å². The molecule has 0 spiro atoms. The van der Waals surface area contributed by atoms with E-state index < -0.39 is 5.97 Å². The highest BCUT2D eigenvalue weighted by molar-refractivity contribution is 5.93. The highest BCUT2D eigenvalue weighted by atomic mass is 16.5. The second kappa shape index (κ2) is 6.91. The molecule has 0 amide bonds. The Balaban J connectivity index is 2.56. The Morgan fingerprint density at radius 3 is 1.96 bits per heavy atom. The predicted molar refractivity (Wildman–Crippen MR) is 87.3 cm³/mol. The summed E-state index contributed by atoms with van der Waals surface area (Å²) in [6.45, 7) is 0. The number of methoxy groups -OCH3 is 4. The number of nitrogens with two attached hydrogens (primary N) is 1. The van der Waals surface area contributed by atoms with Gasteiger partial charge in [0.15, 0.2) is 11.5 Å². The van der Waals surface area contributed by atoms with E-state index in [1.165, 1.54) is 7.11 Å². The van der Waals surface area contributed by atoms with Gasteiger partial charge < -0.3 is 24.7 Å². The molecule has 2 rings (SSSR count). The number of benzene rings is 2.